The molecule has 7 heteroatoms. The zero-order valence-corrected chi connectivity index (χ0v) is 10.5. The van der Waals surface area contributed by atoms with Crippen LogP contribution in [0.15, 0.2) is 36.4 Å². The van der Waals surface area contributed by atoms with E-state index >= 15 is 0 Å². The minimum absolute atomic E-state index is 0.0575. The minimum atomic E-state index is -1.67. The Balaban J connectivity index is 2.57. The molecule has 2 N–H and O–H groups in total. The summed E-state index contributed by atoms with van der Waals surface area (Å²) in [5.41, 5.74) is -0.00912. The van der Waals surface area contributed by atoms with Crippen molar-refractivity contribution in [3.8, 4) is 0 Å². The number of non-ortho nitro benzene ring substituents is 1. The number of aliphatic carboxylic acids is 1. The molecule has 1 aromatic carbocycles. The first-order valence-electron chi connectivity index (χ1n) is 5.87. The number of halogens is 1. The molecule has 0 amide bonds. The highest BCUT2D eigenvalue weighted by Gasteiger charge is 2.20. The highest BCUT2D eigenvalue weighted by atomic mass is 19.1. The van der Waals surface area contributed by atoms with Crippen molar-refractivity contribution in [3.63, 3.8) is 0 Å². The Morgan fingerprint density at radius 3 is 2.50 bits per heavy atom. The Bertz CT molecular complexity index is 500. The number of aliphatic hydroxyl groups is 1. The van der Waals surface area contributed by atoms with E-state index in [4.69, 9.17) is 5.11 Å². The fourth-order valence-electron chi connectivity index (χ4n) is 1.60. The predicted octanol–water partition coefficient (Wildman–Crippen LogP) is 2.39. The number of carboxylic acid groups (broad SMARTS) is 1. The number of rotatable bonds is 7. The normalized spacial score (nSPS) is 14.1. The standard InChI is InChI=1S/C13H14FNO5/c14-13(11(16)3-1-2-4-12(17)18)9-5-7-10(8-6-9)15(19)20/h2,4-8,11,13,16H,1,3H2,(H,17,18)/b4-2-. The van der Waals surface area contributed by atoms with Crippen molar-refractivity contribution in [3.05, 3.63) is 52.1 Å². The lowest BCUT2D eigenvalue weighted by molar-refractivity contribution is -0.384. The van der Waals surface area contributed by atoms with Gasteiger partial charge in [0.15, 0.2) is 6.17 Å². The van der Waals surface area contributed by atoms with Crippen molar-refractivity contribution >= 4 is 11.7 Å². The first kappa shape index (κ1) is 15.8. The largest absolute Gasteiger partial charge is 0.478 e. The lowest BCUT2D eigenvalue weighted by Gasteiger charge is -2.15. The molecule has 0 aliphatic rings. The Morgan fingerprint density at radius 2 is 2.00 bits per heavy atom. The van der Waals surface area contributed by atoms with Crippen LogP contribution >= 0.6 is 0 Å². The number of carboxylic acids is 1. The van der Waals surface area contributed by atoms with Gasteiger partial charge in [-0.2, -0.15) is 0 Å². The van der Waals surface area contributed by atoms with Gasteiger partial charge in [-0.05, 0) is 30.5 Å². The monoisotopic (exact) mass is 283 g/mol. The molecule has 0 aliphatic heterocycles. The molecule has 0 saturated carbocycles. The summed E-state index contributed by atoms with van der Waals surface area (Å²) in [6, 6.07) is 4.83. The summed E-state index contributed by atoms with van der Waals surface area (Å²) in [5.74, 6) is -1.10. The van der Waals surface area contributed by atoms with E-state index in [1.807, 2.05) is 0 Å². The molecule has 108 valence electrons. The molecule has 0 radical (unpaired) electrons. The molecular weight excluding hydrogens is 269 g/mol. The summed E-state index contributed by atoms with van der Waals surface area (Å²) in [6.45, 7) is 0. The second kappa shape index (κ2) is 7.34. The van der Waals surface area contributed by atoms with Crippen LogP contribution in [0.5, 0.6) is 0 Å². The number of aliphatic hydroxyl groups excluding tert-OH is 1. The van der Waals surface area contributed by atoms with E-state index in [9.17, 15) is 24.4 Å². The lowest BCUT2D eigenvalue weighted by atomic mass is 10.0. The highest BCUT2D eigenvalue weighted by Crippen LogP contribution is 2.25. The Morgan fingerprint density at radius 1 is 1.40 bits per heavy atom. The molecule has 2 atom stereocenters. The van der Waals surface area contributed by atoms with Crippen LogP contribution in [-0.2, 0) is 4.79 Å². The van der Waals surface area contributed by atoms with E-state index in [0.717, 1.165) is 6.08 Å². The second-order valence-corrected chi connectivity index (χ2v) is 4.14. The Kier molecular flexibility index (Phi) is 5.79. The van der Waals surface area contributed by atoms with Crippen molar-refractivity contribution in [1.29, 1.82) is 0 Å². The molecule has 0 aromatic heterocycles. The molecule has 2 unspecified atom stereocenters. The minimum Gasteiger partial charge on any atom is -0.478 e. The van der Waals surface area contributed by atoms with Gasteiger partial charge < -0.3 is 10.2 Å². The van der Waals surface area contributed by atoms with Gasteiger partial charge in [0.2, 0.25) is 0 Å². The van der Waals surface area contributed by atoms with Crippen molar-refractivity contribution < 1.29 is 24.3 Å². The van der Waals surface area contributed by atoms with Crippen LogP contribution in [0.4, 0.5) is 10.1 Å². The van der Waals surface area contributed by atoms with Crippen LogP contribution in [0.1, 0.15) is 24.6 Å². The zero-order chi connectivity index (χ0) is 15.1. The second-order valence-electron chi connectivity index (χ2n) is 4.14. The van der Waals surface area contributed by atoms with E-state index in [1.165, 1.54) is 30.3 Å². The Labute approximate surface area is 114 Å². The van der Waals surface area contributed by atoms with Crippen molar-refractivity contribution in [2.24, 2.45) is 0 Å². The van der Waals surface area contributed by atoms with Crippen LogP contribution in [0.3, 0.4) is 0 Å². The molecule has 1 aromatic rings. The van der Waals surface area contributed by atoms with Gasteiger partial charge in [-0.3, -0.25) is 10.1 Å². The molecule has 0 bridgehead atoms. The third-order valence-corrected chi connectivity index (χ3v) is 2.65. The first-order chi connectivity index (χ1) is 9.41. The predicted molar refractivity (Wildman–Crippen MR) is 69.0 cm³/mol. The van der Waals surface area contributed by atoms with E-state index in [-0.39, 0.29) is 24.1 Å². The maximum absolute atomic E-state index is 13.9. The van der Waals surface area contributed by atoms with Gasteiger partial charge in [-0.15, -0.1) is 0 Å². The number of nitrogens with zero attached hydrogens (tertiary/aromatic N) is 1. The van der Waals surface area contributed by atoms with Gasteiger partial charge in [-0.1, -0.05) is 6.08 Å². The average molecular weight is 283 g/mol. The number of nitro benzene ring substituents is 1. The van der Waals surface area contributed by atoms with Crippen molar-refractivity contribution in [2.75, 3.05) is 0 Å². The van der Waals surface area contributed by atoms with E-state index in [2.05, 4.69) is 0 Å². The summed E-state index contributed by atoms with van der Waals surface area (Å²) in [6.07, 6.45) is -0.438. The fourth-order valence-corrected chi connectivity index (χ4v) is 1.60. The summed E-state index contributed by atoms with van der Waals surface area (Å²) in [7, 11) is 0. The number of alkyl halides is 1. The molecule has 0 fully saturated rings. The number of hydrogen-bond acceptors (Lipinski definition) is 4. The number of carbonyl (C=O) groups is 1. The molecule has 0 aliphatic carbocycles. The van der Waals surface area contributed by atoms with Gasteiger partial charge in [0.1, 0.15) is 0 Å². The van der Waals surface area contributed by atoms with Crippen LogP contribution in [0.25, 0.3) is 0 Å². The van der Waals surface area contributed by atoms with E-state index in [0.29, 0.717) is 0 Å². The van der Waals surface area contributed by atoms with Gasteiger partial charge in [0.25, 0.3) is 5.69 Å². The molecule has 6 nitrogen and oxygen atoms in total. The molecule has 0 spiro atoms. The number of benzene rings is 1. The number of nitro groups is 1. The van der Waals surface area contributed by atoms with Crippen molar-refractivity contribution in [1.82, 2.24) is 0 Å². The Hall–Kier alpha value is -2.28. The molecular formula is C13H14FNO5. The van der Waals surface area contributed by atoms with Gasteiger partial charge in [0, 0.05) is 18.2 Å². The maximum Gasteiger partial charge on any atom is 0.327 e. The average Bonchev–Trinajstić information content (AvgIpc) is 2.42. The van der Waals surface area contributed by atoms with Crippen LogP contribution in [0.2, 0.25) is 0 Å². The van der Waals surface area contributed by atoms with Crippen molar-refractivity contribution in [2.45, 2.75) is 25.1 Å². The summed E-state index contributed by atoms with van der Waals surface area (Å²) in [5, 5.41) is 28.4. The van der Waals surface area contributed by atoms with E-state index in [1.54, 1.807) is 0 Å². The summed E-state index contributed by atoms with van der Waals surface area (Å²) >= 11 is 0. The quantitative estimate of drug-likeness (QED) is 0.454. The fraction of sp³-hybridized carbons (Fsp3) is 0.308. The third-order valence-electron chi connectivity index (χ3n) is 2.65. The molecule has 0 saturated heterocycles. The summed E-state index contributed by atoms with van der Waals surface area (Å²) in [4.78, 5) is 20.1. The smallest absolute Gasteiger partial charge is 0.327 e. The zero-order valence-electron chi connectivity index (χ0n) is 10.5. The molecule has 20 heavy (non-hydrogen) atoms. The SMILES string of the molecule is O=C(O)/C=C\CCC(O)C(F)c1ccc([N+](=O)[O-])cc1. The van der Waals surface area contributed by atoms with Crippen LogP contribution in [-0.4, -0.2) is 27.2 Å². The first-order valence-corrected chi connectivity index (χ1v) is 5.87. The number of allylic oxidation sites excluding steroid dienone is 1. The van der Waals surface area contributed by atoms with Crippen LogP contribution in [0, 0.1) is 10.1 Å². The van der Waals surface area contributed by atoms with E-state index < -0.39 is 23.2 Å². The third kappa shape index (κ3) is 4.77. The maximum atomic E-state index is 13.9. The summed E-state index contributed by atoms with van der Waals surface area (Å²) < 4.78 is 13.9. The topological polar surface area (TPSA) is 101 Å². The van der Waals surface area contributed by atoms with Gasteiger partial charge in [0.05, 0.1) is 11.0 Å². The molecule has 1 rings (SSSR count). The van der Waals surface area contributed by atoms with Gasteiger partial charge in [-0.25, -0.2) is 9.18 Å². The molecule has 0 heterocycles. The highest BCUT2D eigenvalue weighted by molar-refractivity contribution is 5.79. The van der Waals surface area contributed by atoms with Crippen LogP contribution < -0.4 is 0 Å². The van der Waals surface area contributed by atoms with Gasteiger partial charge >= 0.3 is 5.97 Å². The number of hydrogen-bond donors (Lipinski definition) is 2. The lowest BCUT2D eigenvalue weighted by Crippen LogP contribution is -2.14.